The highest BCUT2D eigenvalue weighted by molar-refractivity contribution is 5.94. The van der Waals surface area contributed by atoms with Gasteiger partial charge in [0.05, 0.1) is 5.92 Å². The van der Waals surface area contributed by atoms with Crippen molar-refractivity contribution in [3.8, 4) is 0 Å². The van der Waals surface area contributed by atoms with Crippen molar-refractivity contribution in [3.05, 3.63) is 35.6 Å². The van der Waals surface area contributed by atoms with E-state index in [0.29, 0.717) is 31.7 Å². The molecule has 3 heterocycles. The van der Waals surface area contributed by atoms with Crippen molar-refractivity contribution >= 4 is 17.7 Å². The Morgan fingerprint density at radius 3 is 1.88 bits per heavy atom. The van der Waals surface area contributed by atoms with E-state index in [0.717, 1.165) is 51.6 Å². The molecule has 1 atom stereocenters. The lowest BCUT2D eigenvalue weighted by molar-refractivity contribution is -0.143. The molecule has 0 saturated carbocycles. The Morgan fingerprint density at radius 1 is 0.656 bits per heavy atom. The number of carbonyl (C=O) groups excluding carboxylic acids is 3. The molecule has 3 saturated heterocycles. The molecule has 32 heavy (non-hydrogen) atoms. The van der Waals surface area contributed by atoms with Gasteiger partial charge in [0.1, 0.15) is 5.82 Å². The van der Waals surface area contributed by atoms with Crippen molar-refractivity contribution in [2.24, 2.45) is 11.8 Å². The molecule has 6 nitrogen and oxygen atoms in total. The van der Waals surface area contributed by atoms with E-state index in [1.54, 1.807) is 4.90 Å². The van der Waals surface area contributed by atoms with Crippen LogP contribution in [0.4, 0.5) is 4.39 Å². The first-order valence-electron chi connectivity index (χ1n) is 12.2. The zero-order valence-electron chi connectivity index (χ0n) is 18.8. The van der Waals surface area contributed by atoms with Crippen LogP contribution in [0.2, 0.25) is 0 Å². The molecule has 0 radical (unpaired) electrons. The Balaban J connectivity index is 1.29. The fourth-order valence-electron chi connectivity index (χ4n) is 5.29. The van der Waals surface area contributed by atoms with Crippen LogP contribution in [-0.4, -0.2) is 71.7 Å². The lowest BCUT2D eigenvalue weighted by atomic mass is 9.91. The van der Waals surface area contributed by atoms with Crippen molar-refractivity contribution < 1.29 is 18.8 Å². The molecule has 174 valence electrons. The van der Waals surface area contributed by atoms with Crippen LogP contribution in [0.5, 0.6) is 0 Å². The second kappa shape index (κ2) is 10.5. The standard InChI is InChI=1S/C25H34FN3O3/c26-22-9-7-19(8-10-22)24(31)29-15-5-6-21(18-29)25(32)28-16-11-20(12-17-28)23(30)27-13-3-1-2-4-14-27/h7-10,20-21H,1-6,11-18H2/t21-/m1/s1. The summed E-state index contributed by atoms with van der Waals surface area (Å²) in [6.07, 6.45) is 7.62. The first kappa shape index (κ1) is 22.7. The minimum atomic E-state index is -0.369. The maximum absolute atomic E-state index is 13.2. The third-order valence-electron chi connectivity index (χ3n) is 7.22. The van der Waals surface area contributed by atoms with Crippen molar-refractivity contribution in [1.29, 1.82) is 0 Å². The highest BCUT2D eigenvalue weighted by Crippen LogP contribution is 2.26. The Kier molecular flexibility index (Phi) is 7.43. The van der Waals surface area contributed by atoms with Gasteiger partial charge in [-0.15, -0.1) is 0 Å². The Hall–Kier alpha value is -2.44. The predicted molar refractivity (Wildman–Crippen MR) is 119 cm³/mol. The zero-order chi connectivity index (χ0) is 22.5. The van der Waals surface area contributed by atoms with Gasteiger partial charge in [-0.1, -0.05) is 12.8 Å². The fourth-order valence-corrected chi connectivity index (χ4v) is 5.29. The highest BCUT2D eigenvalue weighted by atomic mass is 19.1. The molecule has 3 amide bonds. The first-order valence-corrected chi connectivity index (χ1v) is 12.2. The SMILES string of the molecule is O=C(c1ccc(F)cc1)N1CCC[C@@H](C(=O)N2CCC(C(=O)N3CCCCCC3)CC2)C1. The highest BCUT2D eigenvalue weighted by Gasteiger charge is 2.35. The number of amides is 3. The number of piperidine rings is 2. The third kappa shape index (κ3) is 5.30. The van der Waals surface area contributed by atoms with Crippen molar-refractivity contribution in [2.45, 2.75) is 51.4 Å². The monoisotopic (exact) mass is 443 g/mol. The lowest BCUT2D eigenvalue weighted by Crippen LogP contribution is -2.50. The predicted octanol–water partition coefficient (Wildman–Crippen LogP) is 3.32. The number of carbonyl (C=O) groups is 3. The molecule has 3 aliphatic rings. The smallest absolute Gasteiger partial charge is 0.253 e. The van der Waals surface area contributed by atoms with Gasteiger partial charge in [-0.2, -0.15) is 0 Å². The number of halogens is 1. The van der Waals surface area contributed by atoms with E-state index in [1.165, 1.54) is 37.1 Å². The number of nitrogens with zero attached hydrogens (tertiary/aromatic N) is 3. The molecule has 1 aromatic carbocycles. The lowest BCUT2D eigenvalue weighted by Gasteiger charge is -2.38. The summed E-state index contributed by atoms with van der Waals surface area (Å²) < 4.78 is 13.2. The molecule has 4 rings (SSSR count). The summed E-state index contributed by atoms with van der Waals surface area (Å²) in [5, 5.41) is 0. The van der Waals surface area contributed by atoms with Gasteiger partial charge >= 0.3 is 0 Å². The van der Waals surface area contributed by atoms with E-state index in [2.05, 4.69) is 0 Å². The van der Waals surface area contributed by atoms with Crippen molar-refractivity contribution in [2.75, 3.05) is 39.3 Å². The van der Waals surface area contributed by atoms with E-state index < -0.39 is 0 Å². The molecule has 0 spiro atoms. The molecule has 0 aliphatic carbocycles. The van der Waals surface area contributed by atoms with Gasteiger partial charge in [0, 0.05) is 50.7 Å². The van der Waals surface area contributed by atoms with E-state index in [9.17, 15) is 18.8 Å². The Bertz CT molecular complexity index is 812. The minimum Gasteiger partial charge on any atom is -0.342 e. The van der Waals surface area contributed by atoms with Crippen molar-refractivity contribution in [3.63, 3.8) is 0 Å². The molecule has 7 heteroatoms. The normalized spacial score (nSPS) is 23.0. The molecular formula is C25H34FN3O3. The topological polar surface area (TPSA) is 60.9 Å². The van der Waals surface area contributed by atoms with E-state index in [4.69, 9.17) is 0 Å². The summed E-state index contributed by atoms with van der Waals surface area (Å²) in [4.78, 5) is 44.5. The minimum absolute atomic E-state index is 0.0278. The van der Waals surface area contributed by atoms with Crippen LogP contribution in [-0.2, 0) is 9.59 Å². The number of hydrogen-bond donors (Lipinski definition) is 0. The number of hydrogen-bond acceptors (Lipinski definition) is 3. The number of rotatable bonds is 3. The van der Waals surface area contributed by atoms with Crippen LogP contribution in [0, 0.1) is 17.7 Å². The van der Waals surface area contributed by atoms with Gasteiger partial charge in [0.2, 0.25) is 11.8 Å². The molecule has 3 aliphatic heterocycles. The van der Waals surface area contributed by atoms with Gasteiger partial charge in [-0.25, -0.2) is 4.39 Å². The van der Waals surface area contributed by atoms with Crippen LogP contribution in [0.25, 0.3) is 0 Å². The Labute approximate surface area is 189 Å². The first-order chi connectivity index (χ1) is 15.5. The van der Waals surface area contributed by atoms with Crippen LogP contribution < -0.4 is 0 Å². The molecule has 1 aromatic rings. The second-order valence-electron chi connectivity index (χ2n) is 9.44. The molecule has 0 unspecified atom stereocenters. The van der Waals surface area contributed by atoms with E-state index >= 15 is 0 Å². The second-order valence-corrected chi connectivity index (χ2v) is 9.44. The van der Waals surface area contributed by atoms with Crippen LogP contribution in [0.3, 0.4) is 0 Å². The van der Waals surface area contributed by atoms with Crippen LogP contribution >= 0.6 is 0 Å². The summed E-state index contributed by atoms with van der Waals surface area (Å²) in [5.74, 6) is -0.323. The third-order valence-corrected chi connectivity index (χ3v) is 7.22. The molecule has 3 fully saturated rings. The largest absolute Gasteiger partial charge is 0.342 e. The van der Waals surface area contributed by atoms with Gasteiger partial charge in [0.25, 0.3) is 5.91 Å². The Morgan fingerprint density at radius 2 is 1.22 bits per heavy atom. The average Bonchev–Trinajstić information content (AvgIpc) is 3.13. The molecular weight excluding hydrogens is 409 g/mol. The van der Waals surface area contributed by atoms with Gasteiger partial charge in [0.15, 0.2) is 0 Å². The van der Waals surface area contributed by atoms with Gasteiger partial charge in [-0.3, -0.25) is 14.4 Å². The molecule has 0 bridgehead atoms. The summed E-state index contributed by atoms with van der Waals surface area (Å²) in [5.41, 5.74) is 0.451. The molecule has 0 N–H and O–H groups in total. The maximum atomic E-state index is 13.2. The van der Waals surface area contributed by atoms with Crippen LogP contribution in [0.15, 0.2) is 24.3 Å². The zero-order valence-corrected chi connectivity index (χ0v) is 18.8. The average molecular weight is 444 g/mol. The maximum Gasteiger partial charge on any atom is 0.253 e. The molecule has 0 aromatic heterocycles. The summed E-state index contributed by atoms with van der Waals surface area (Å²) in [6, 6.07) is 5.57. The number of benzene rings is 1. The number of likely N-dealkylation sites (tertiary alicyclic amines) is 3. The van der Waals surface area contributed by atoms with Gasteiger partial charge < -0.3 is 14.7 Å². The quantitative estimate of drug-likeness (QED) is 0.720. The summed E-state index contributed by atoms with van der Waals surface area (Å²) >= 11 is 0. The van der Waals surface area contributed by atoms with E-state index in [1.807, 2.05) is 9.80 Å². The van der Waals surface area contributed by atoms with E-state index in [-0.39, 0.29) is 35.4 Å². The van der Waals surface area contributed by atoms with Gasteiger partial charge in [-0.05, 0) is 62.8 Å². The van der Waals surface area contributed by atoms with Crippen molar-refractivity contribution in [1.82, 2.24) is 14.7 Å². The summed E-state index contributed by atoms with van der Waals surface area (Å²) in [7, 11) is 0. The van der Waals surface area contributed by atoms with Crippen LogP contribution in [0.1, 0.15) is 61.7 Å². The fraction of sp³-hybridized carbons (Fsp3) is 0.640. The summed E-state index contributed by atoms with van der Waals surface area (Å²) in [6.45, 7) is 4.00.